The molecular formula is C14H8F9NO2S. The molecule has 0 N–H and O–H groups in total. The molecular weight excluding hydrogens is 417 g/mol. The standard InChI is InChI=1S/C14H8F9NO2S/c1-5-2-7(15)6(3-9(5)27(25)12(18)11(16)17)8-4-10(26-24-8)13(19,20)14(21,22)23/h2-4,11-12H,1H3. The zero-order valence-corrected chi connectivity index (χ0v) is 13.8. The van der Waals surface area contributed by atoms with Gasteiger partial charge >= 0.3 is 12.1 Å². The van der Waals surface area contributed by atoms with Gasteiger partial charge in [0, 0.05) is 16.5 Å². The Labute approximate surface area is 147 Å². The van der Waals surface area contributed by atoms with Crippen LogP contribution in [-0.2, 0) is 16.7 Å². The molecule has 2 atom stereocenters. The van der Waals surface area contributed by atoms with Crippen molar-refractivity contribution < 1.29 is 48.2 Å². The van der Waals surface area contributed by atoms with Gasteiger partial charge < -0.3 is 4.52 Å². The van der Waals surface area contributed by atoms with Crippen molar-refractivity contribution >= 4 is 10.8 Å². The largest absolute Gasteiger partial charge is 0.461 e. The number of hydrogen-bond acceptors (Lipinski definition) is 3. The molecule has 0 spiro atoms. The maximum Gasteiger partial charge on any atom is 0.461 e. The van der Waals surface area contributed by atoms with Crippen LogP contribution in [0.15, 0.2) is 27.6 Å². The van der Waals surface area contributed by atoms with Gasteiger partial charge in [-0.3, -0.25) is 4.21 Å². The van der Waals surface area contributed by atoms with Gasteiger partial charge in [-0.15, -0.1) is 0 Å². The average molecular weight is 425 g/mol. The first-order chi connectivity index (χ1) is 12.3. The third-order valence-electron chi connectivity index (χ3n) is 3.34. The Morgan fingerprint density at radius 2 is 1.67 bits per heavy atom. The lowest BCUT2D eigenvalue weighted by molar-refractivity contribution is -0.296. The molecule has 13 heteroatoms. The summed E-state index contributed by atoms with van der Waals surface area (Å²) in [7, 11) is -2.96. The van der Waals surface area contributed by atoms with E-state index < -0.39 is 62.6 Å². The summed E-state index contributed by atoms with van der Waals surface area (Å²) in [5.41, 5.74) is -4.96. The van der Waals surface area contributed by atoms with E-state index in [4.69, 9.17) is 0 Å². The van der Waals surface area contributed by atoms with Crippen molar-refractivity contribution in [1.29, 1.82) is 0 Å². The molecule has 0 radical (unpaired) electrons. The van der Waals surface area contributed by atoms with Gasteiger partial charge in [0.15, 0.2) is 0 Å². The third-order valence-corrected chi connectivity index (χ3v) is 4.82. The van der Waals surface area contributed by atoms with Crippen LogP contribution in [0.4, 0.5) is 39.5 Å². The van der Waals surface area contributed by atoms with E-state index >= 15 is 0 Å². The molecule has 150 valence electrons. The predicted octanol–water partition coefficient (Wildman–Crippen LogP) is 5.11. The summed E-state index contributed by atoms with van der Waals surface area (Å²) >= 11 is 0. The first kappa shape index (κ1) is 21.3. The number of halogens is 9. The summed E-state index contributed by atoms with van der Waals surface area (Å²) in [5, 5.41) is 2.90. The SMILES string of the molecule is Cc1cc(F)c(-c2cc(C(F)(F)C(F)(F)F)on2)cc1S(=O)C(F)C(F)F. The molecule has 1 heterocycles. The second-order valence-corrected chi connectivity index (χ2v) is 6.71. The maximum atomic E-state index is 14.0. The second-order valence-electron chi connectivity index (χ2n) is 5.23. The van der Waals surface area contributed by atoms with E-state index in [2.05, 4.69) is 9.68 Å². The zero-order chi connectivity index (χ0) is 20.7. The van der Waals surface area contributed by atoms with Gasteiger partial charge in [-0.05, 0) is 24.6 Å². The molecule has 2 unspecified atom stereocenters. The normalized spacial score (nSPS) is 15.2. The van der Waals surface area contributed by atoms with Crippen molar-refractivity contribution in [3.8, 4) is 11.3 Å². The summed E-state index contributed by atoms with van der Waals surface area (Å²) < 4.78 is 131. The summed E-state index contributed by atoms with van der Waals surface area (Å²) in [6.07, 6.45) is -9.64. The van der Waals surface area contributed by atoms with Gasteiger partial charge in [0.2, 0.25) is 11.3 Å². The molecule has 0 bridgehead atoms. The van der Waals surface area contributed by atoms with Crippen molar-refractivity contribution in [2.24, 2.45) is 0 Å². The van der Waals surface area contributed by atoms with E-state index in [0.29, 0.717) is 12.1 Å². The Morgan fingerprint density at radius 3 is 2.19 bits per heavy atom. The number of hydrogen-bond donors (Lipinski definition) is 0. The van der Waals surface area contributed by atoms with E-state index in [1.54, 1.807) is 0 Å². The predicted molar refractivity (Wildman–Crippen MR) is 73.9 cm³/mol. The van der Waals surface area contributed by atoms with Gasteiger partial charge in [-0.25, -0.2) is 17.6 Å². The number of benzene rings is 1. The third kappa shape index (κ3) is 3.96. The van der Waals surface area contributed by atoms with Crippen LogP contribution in [0.5, 0.6) is 0 Å². The quantitative estimate of drug-likeness (QED) is 0.626. The van der Waals surface area contributed by atoms with Gasteiger partial charge in [0.1, 0.15) is 11.5 Å². The smallest absolute Gasteiger partial charge is 0.354 e. The molecule has 2 rings (SSSR count). The van der Waals surface area contributed by atoms with Gasteiger partial charge in [-0.1, -0.05) is 5.16 Å². The van der Waals surface area contributed by atoms with Gasteiger partial charge in [-0.2, -0.15) is 22.0 Å². The summed E-state index contributed by atoms with van der Waals surface area (Å²) in [6.45, 7) is 1.12. The summed E-state index contributed by atoms with van der Waals surface area (Å²) in [6, 6.07) is 1.29. The zero-order valence-electron chi connectivity index (χ0n) is 13.0. The highest BCUT2D eigenvalue weighted by Gasteiger charge is 2.61. The summed E-state index contributed by atoms with van der Waals surface area (Å²) in [4.78, 5) is -0.605. The van der Waals surface area contributed by atoms with E-state index in [0.717, 1.165) is 6.92 Å². The Balaban J connectivity index is 2.52. The van der Waals surface area contributed by atoms with Crippen LogP contribution in [-0.4, -0.2) is 27.5 Å². The molecule has 1 aromatic heterocycles. The van der Waals surface area contributed by atoms with E-state index in [1.165, 1.54) is 0 Å². The molecule has 0 aliphatic carbocycles. The number of alkyl halides is 8. The van der Waals surface area contributed by atoms with Gasteiger partial charge in [0.05, 0.1) is 10.8 Å². The van der Waals surface area contributed by atoms with E-state index in [1.807, 2.05) is 0 Å². The van der Waals surface area contributed by atoms with Crippen LogP contribution in [0.25, 0.3) is 11.3 Å². The lowest BCUT2D eigenvalue weighted by Crippen LogP contribution is -2.33. The Morgan fingerprint density at radius 1 is 1.07 bits per heavy atom. The number of aromatic nitrogens is 1. The molecule has 0 aliphatic heterocycles. The molecule has 1 aromatic carbocycles. The van der Waals surface area contributed by atoms with Crippen LogP contribution >= 0.6 is 0 Å². The Bertz CT molecular complexity index is 863. The molecule has 0 aliphatic rings. The minimum atomic E-state index is -6.01. The molecule has 2 aromatic rings. The first-order valence-corrected chi connectivity index (χ1v) is 8.03. The number of aryl methyl sites for hydroxylation is 1. The van der Waals surface area contributed by atoms with Crippen LogP contribution in [0, 0.1) is 12.7 Å². The second kappa shape index (κ2) is 7.17. The Hall–Kier alpha value is -2.05. The molecule has 0 amide bonds. The lowest BCUT2D eigenvalue weighted by Gasteiger charge is -2.15. The minimum absolute atomic E-state index is 0.0912. The van der Waals surface area contributed by atoms with Crippen LogP contribution < -0.4 is 0 Å². The Kier molecular flexibility index (Phi) is 5.64. The van der Waals surface area contributed by atoms with Crippen molar-refractivity contribution in [2.45, 2.75) is 35.8 Å². The molecule has 0 fully saturated rings. The van der Waals surface area contributed by atoms with Crippen LogP contribution in [0.1, 0.15) is 11.3 Å². The van der Waals surface area contributed by atoms with Crippen molar-refractivity contribution in [1.82, 2.24) is 5.16 Å². The number of rotatable bonds is 5. The first-order valence-electron chi connectivity index (χ1n) is 6.82. The fourth-order valence-electron chi connectivity index (χ4n) is 1.97. The minimum Gasteiger partial charge on any atom is -0.354 e. The molecule has 27 heavy (non-hydrogen) atoms. The van der Waals surface area contributed by atoms with Gasteiger partial charge in [0.25, 0.3) is 6.43 Å². The lowest BCUT2D eigenvalue weighted by atomic mass is 10.1. The highest BCUT2D eigenvalue weighted by Crippen LogP contribution is 2.45. The van der Waals surface area contributed by atoms with E-state index in [9.17, 15) is 43.7 Å². The van der Waals surface area contributed by atoms with Crippen molar-refractivity contribution in [2.75, 3.05) is 0 Å². The van der Waals surface area contributed by atoms with Crippen LogP contribution in [0.3, 0.4) is 0 Å². The van der Waals surface area contributed by atoms with Crippen LogP contribution in [0.2, 0.25) is 0 Å². The topological polar surface area (TPSA) is 43.1 Å². The summed E-state index contributed by atoms with van der Waals surface area (Å²) in [5.74, 6) is -8.58. The monoisotopic (exact) mass is 425 g/mol. The highest BCUT2D eigenvalue weighted by molar-refractivity contribution is 7.85. The fourth-order valence-corrected chi connectivity index (χ4v) is 3.01. The van der Waals surface area contributed by atoms with E-state index in [-0.39, 0.29) is 11.6 Å². The number of nitrogens with zero attached hydrogens (tertiary/aromatic N) is 1. The average Bonchev–Trinajstić information content (AvgIpc) is 3.02. The van der Waals surface area contributed by atoms with Crippen molar-refractivity contribution in [3.63, 3.8) is 0 Å². The molecule has 0 saturated carbocycles. The highest BCUT2D eigenvalue weighted by atomic mass is 32.2. The maximum absolute atomic E-state index is 14.0. The fraction of sp³-hybridized carbons (Fsp3) is 0.357. The molecule has 3 nitrogen and oxygen atoms in total. The molecule has 0 saturated heterocycles. The van der Waals surface area contributed by atoms with Crippen molar-refractivity contribution in [3.05, 3.63) is 35.3 Å².